The first kappa shape index (κ1) is 21.6. The first-order chi connectivity index (χ1) is 12.7. The second-order valence-electron chi connectivity index (χ2n) is 7.32. The van der Waals surface area contributed by atoms with Crippen molar-refractivity contribution in [1.82, 2.24) is 10.3 Å². The minimum atomic E-state index is -3.61. The van der Waals surface area contributed by atoms with E-state index in [1.165, 1.54) is 18.3 Å². The van der Waals surface area contributed by atoms with Crippen molar-refractivity contribution in [3.8, 4) is 0 Å². The van der Waals surface area contributed by atoms with Gasteiger partial charge >= 0.3 is 0 Å². The SMILES string of the molecule is Cc1ccc(CNC(=O)C(C)S(=O)(=O)Cc2csc(CCC(C)C)n2)cc1. The van der Waals surface area contributed by atoms with Crippen molar-refractivity contribution < 1.29 is 13.2 Å². The standard InChI is InChI=1S/C20H28N2O3S2/c1-14(2)5-10-19-22-18(12-26-19)13-27(24,25)16(4)20(23)21-11-17-8-6-15(3)7-9-17/h6-9,12,14,16H,5,10-11,13H2,1-4H3,(H,21,23). The predicted octanol–water partition coefficient (Wildman–Crippen LogP) is 3.66. The van der Waals surface area contributed by atoms with Gasteiger partial charge in [0.05, 0.1) is 16.5 Å². The number of carbonyl (C=O) groups is 1. The summed E-state index contributed by atoms with van der Waals surface area (Å²) in [7, 11) is -3.61. The van der Waals surface area contributed by atoms with E-state index in [1.54, 1.807) is 5.38 Å². The molecule has 0 aliphatic heterocycles. The van der Waals surface area contributed by atoms with Gasteiger partial charge < -0.3 is 5.32 Å². The van der Waals surface area contributed by atoms with Crippen LogP contribution in [0.1, 0.15) is 49.0 Å². The number of hydrogen-bond acceptors (Lipinski definition) is 5. The molecule has 1 N–H and O–H groups in total. The van der Waals surface area contributed by atoms with E-state index in [1.807, 2.05) is 31.2 Å². The molecule has 5 nitrogen and oxygen atoms in total. The molecule has 27 heavy (non-hydrogen) atoms. The van der Waals surface area contributed by atoms with E-state index in [-0.39, 0.29) is 5.75 Å². The van der Waals surface area contributed by atoms with E-state index >= 15 is 0 Å². The van der Waals surface area contributed by atoms with Gasteiger partial charge in [-0.1, -0.05) is 43.7 Å². The third-order valence-electron chi connectivity index (χ3n) is 4.38. The van der Waals surface area contributed by atoms with E-state index in [0.717, 1.165) is 29.0 Å². The monoisotopic (exact) mass is 408 g/mol. The molecule has 7 heteroatoms. The molecule has 1 amide bonds. The molecule has 0 fully saturated rings. The fourth-order valence-electron chi connectivity index (χ4n) is 2.48. The molecule has 0 saturated carbocycles. The minimum Gasteiger partial charge on any atom is -0.351 e. The number of rotatable bonds is 9. The lowest BCUT2D eigenvalue weighted by Gasteiger charge is -2.13. The lowest BCUT2D eigenvalue weighted by Crippen LogP contribution is -2.38. The van der Waals surface area contributed by atoms with E-state index in [0.29, 0.717) is 18.2 Å². The van der Waals surface area contributed by atoms with Gasteiger partial charge in [0.2, 0.25) is 5.91 Å². The fourth-order valence-corrected chi connectivity index (χ4v) is 4.61. The summed E-state index contributed by atoms with van der Waals surface area (Å²) >= 11 is 1.48. The molecule has 0 bridgehead atoms. The van der Waals surface area contributed by atoms with Gasteiger partial charge in [0.15, 0.2) is 9.84 Å². The van der Waals surface area contributed by atoms with Gasteiger partial charge in [-0.15, -0.1) is 11.3 Å². The maximum atomic E-state index is 12.6. The summed E-state index contributed by atoms with van der Waals surface area (Å²) in [6.07, 6.45) is 1.88. The Labute approximate surface area is 166 Å². The van der Waals surface area contributed by atoms with E-state index in [2.05, 4.69) is 24.1 Å². The van der Waals surface area contributed by atoms with Gasteiger partial charge in [-0.3, -0.25) is 4.79 Å². The average molecular weight is 409 g/mol. The van der Waals surface area contributed by atoms with Crippen molar-refractivity contribution in [1.29, 1.82) is 0 Å². The maximum absolute atomic E-state index is 12.6. The molecule has 1 heterocycles. The molecule has 1 unspecified atom stereocenters. The average Bonchev–Trinajstić information content (AvgIpc) is 3.05. The summed E-state index contributed by atoms with van der Waals surface area (Å²) < 4.78 is 25.2. The zero-order valence-electron chi connectivity index (χ0n) is 16.4. The van der Waals surface area contributed by atoms with Crippen molar-refractivity contribution in [2.24, 2.45) is 5.92 Å². The van der Waals surface area contributed by atoms with Crippen LogP contribution in [0.5, 0.6) is 0 Å². The number of hydrogen-bond donors (Lipinski definition) is 1. The lowest BCUT2D eigenvalue weighted by molar-refractivity contribution is -0.120. The molecule has 0 aliphatic carbocycles. The van der Waals surface area contributed by atoms with E-state index in [4.69, 9.17) is 0 Å². The van der Waals surface area contributed by atoms with E-state index in [9.17, 15) is 13.2 Å². The van der Waals surface area contributed by atoms with Crippen molar-refractivity contribution in [3.63, 3.8) is 0 Å². The lowest BCUT2D eigenvalue weighted by atomic mass is 10.1. The van der Waals surface area contributed by atoms with Crippen molar-refractivity contribution in [2.45, 2.75) is 58.1 Å². The number of benzene rings is 1. The van der Waals surface area contributed by atoms with Gasteiger partial charge in [-0.2, -0.15) is 0 Å². The van der Waals surface area contributed by atoms with Gasteiger partial charge in [-0.05, 0) is 38.2 Å². The highest BCUT2D eigenvalue weighted by Crippen LogP contribution is 2.18. The van der Waals surface area contributed by atoms with Gasteiger partial charge in [0.25, 0.3) is 0 Å². The zero-order chi connectivity index (χ0) is 20.0. The number of sulfone groups is 1. The highest BCUT2D eigenvalue weighted by molar-refractivity contribution is 7.92. The van der Waals surface area contributed by atoms with Crippen LogP contribution in [-0.4, -0.2) is 24.6 Å². The molecule has 1 atom stereocenters. The maximum Gasteiger partial charge on any atom is 0.238 e. The van der Waals surface area contributed by atoms with Crippen LogP contribution >= 0.6 is 11.3 Å². The third kappa shape index (κ3) is 6.74. The van der Waals surface area contributed by atoms with Crippen LogP contribution in [0.4, 0.5) is 0 Å². The largest absolute Gasteiger partial charge is 0.351 e. The Morgan fingerprint density at radius 2 is 1.85 bits per heavy atom. The van der Waals surface area contributed by atoms with Crippen LogP contribution < -0.4 is 5.32 Å². The molecule has 1 aromatic carbocycles. The Bertz CT molecular complexity index is 856. The molecule has 1 aromatic heterocycles. The topological polar surface area (TPSA) is 76.1 Å². The molecular weight excluding hydrogens is 380 g/mol. The smallest absolute Gasteiger partial charge is 0.238 e. The Morgan fingerprint density at radius 3 is 2.48 bits per heavy atom. The molecule has 0 aliphatic rings. The summed E-state index contributed by atoms with van der Waals surface area (Å²) in [5.41, 5.74) is 2.60. The zero-order valence-corrected chi connectivity index (χ0v) is 18.0. The summed E-state index contributed by atoms with van der Waals surface area (Å²) in [5, 5.41) is 4.34. The molecule has 2 aromatic rings. The van der Waals surface area contributed by atoms with Gasteiger partial charge in [0.1, 0.15) is 5.25 Å². The fraction of sp³-hybridized carbons (Fsp3) is 0.500. The van der Waals surface area contributed by atoms with Crippen LogP contribution in [-0.2, 0) is 33.4 Å². The number of carbonyl (C=O) groups excluding carboxylic acids is 1. The van der Waals surface area contributed by atoms with Crippen LogP contribution in [0.3, 0.4) is 0 Å². The normalized spacial score (nSPS) is 12.9. The second-order valence-corrected chi connectivity index (χ2v) is 10.6. The Morgan fingerprint density at radius 1 is 1.19 bits per heavy atom. The number of nitrogens with zero attached hydrogens (tertiary/aromatic N) is 1. The summed E-state index contributed by atoms with van der Waals surface area (Å²) in [4.78, 5) is 16.7. The summed E-state index contributed by atoms with van der Waals surface area (Å²) in [6, 6.07) is 7.76. The third-order valence-corrected chi connectivity index (χ3v) is 7.33. The quantitative estimate of drug-likeness (QED) is 0.687. The summed E-state index contributed by atoms with van der Waals surface area (Å²) in [5.74, 6) is -0.103. The predicted molar refractivity (Wildman–Crippen MR) is 110 cm³/mol. The minimum absolute atomic E-state index is 0.204. The van der Waals surface area contributed by atoms with Crippen LogP contribution in [0.2, 0.25) is 0 Å². The number of aryl methyl sites for hydroxylation is 2. The Hall–Kier alpha value is -1.73. The van der Waals surface area contributed by atoms with Crippen molar-refractivity contribution in [3.05, 3.63) is 51.5 Å². The number of thiazole rings is 1. The molecule has 0 radical (unpaired) electrons. The van der Waals surface area contributed by atoms with Crippen LogP contribution in [0.25, 0.3) is 0 Å². The molecule has 0 spiro atoms. The highest BCUT2D eigenvalue weighted by Gasteiger charge is 2.28. The first-order valence-electron chi connectivity index (χ1n) is 9.15. The van der Waals surface area contributed by atoms with Crippen LogP contribution in [0, 0.1) is 12.8 Å². The number of aromatic nitrogens is 1. The first-order valence-corrected chi connectivity index (χ1v) is 11.7. The summed E-state index contributed by atoms with van der Waals surface area (Å²) in [6.45, 7) is 8.04. The van der Waals surface area contributed by atoms with Crippen LogP contribution in [0.15, 0.2) is 29.6 Å². The Kier molecular flexibility index (Phi) is 7.56. The molecule has 148 valence electrons. The number of amides is 1. The Balaban J connectivity index is 1.92. The number of nitrogens with one attached hydrogen (secondary N) is 1. The molecular formula is C20H28N2O3S2. The highest BCUT2D eigenvalue weighted by atomic mass is 32.2. The van der Waals surface area contributed by atoms with Crippen molar-refractivity contribution in [2.75, 3.05) is 0 Å². The van der Waals surface area contributed by atoms with Crippen molar-refractivity contribution >= 4 is 27.1 Å². The second kappa shape index (κ2) is 9.46. The van der Waals surface area contributed by atoms with Gasteiger partial charge in [-0.25, -0.2) is 13.4 Å². The molecule has 2 rings (SSSR count). The molecule has 0 saturated heterocycles. The van der Waals surface area contributed by atoms with E-state index < -0.39 is 21.0 Å². The van der Waals surface area contributed by atoms with Gasteiger partial charge in [0, 0.05) is 11.9 Å².